The maximum Gasteiger partial charge on any atom is 0.324 e. The number of aromatic nitrogens is 2. The van der Waals surface area contributed by atoms with Crippen LogP contribution in [0.25, 0.3) is 16.8 Å². The molecule has 0 bridgehead atoms. The van der Waals surface area contributed by atoms with Gasteiger partial charge in [-0.05, 0) is 53.1 Å². The molecule has 3 aromatic carbocycles. The highest BCUT2D eigenvalue weighted by molar-refractivity contribution is 6.01. The van der Waals surface area contributed by atoms with Gasteiger partial charge in [0.05, 0.1) is 28.7 Å². The number of nitrogens with one attached hydrogen (secondary N) is 3. The molecule has 1 aromatic heterocycles. The van der Waals surface area contributed by atoms with E-state index < -0.39 is 11.8 Å². The number of fused-ring (bicyclic) bond motifs is 1. The lowest BCUT2D eigenvalue weighted by atomic mass is 9.92. The molecule has 38 heavy (non-hydrogen) atoms. The monoisotopic (exact) mass is 508 g/mol. The van der Waals surface area contributed by atoms with Crippen LogP contribution in [0.15, 0.2) is 66.7 Å². The number of amides is 3. The molecule has 1 aliphatic rings. The van der Waals surface area contributed by atoms with Gasteiger partial charge in [0.1, 0.15) is 11.6 Å². The summed E-state index contributed by atoms with van der Waals surface area (Å²) in [6.45, 7) is 6.39. The van der Waals surface area contributed by atoms with Crippen molar-refractivity contribution in [3.05, 3.63) is 94.9 Å². The number of nitriles is 1. The first-order chi connectivity index (χ1) is 18.1. The Morgan fingerprint density at radius 3 is 2.55 bits per heavy atom. The average molecular weight is 509 g/mol. The third-order valence-electron chi connectivity index (χ3n) is 6.31. The van der Waals surface area contributed by atoms with Gasteiger partial charge in [0, 0.05) is 23.6 Å². The van der Waals surface area contributed by atoms with E-state index in [-0.39, 0.29) is 17.0 Å². The number of halogens is 1. The number of rotatable bonds is 4. The number of benzene rings is 3. The Morgan fingerprint density at radius 2 is 1.82 bits per heavy atom. The van der Waals surface area contributed by atoms with Crippen LogP contribution >= 0.6 is 0 Å². The first-order valence-electron chi connectivity index (χ1n) is 12.0. The molecule has 4 aromatic rings. The number of carbonyl (C=O) groups is 2. The molecule has 5 rings (SSSR count). The number of anilines is 2. The van der Waals surface area contributed by atoms with Gasteiger partial charge in [-0.15, -0.1) is 0 Å². The average Bonchev–Trinajstić information content (AvgIpc) is 3.49. The Morgan fingerprint density at radius 1 is 1.05 bits per heavy atom. The molecule has 8 nitrogen and oxygen atoms in total. The van der Waals surface area contributed by atoms with Crippen molar-refractivity contribution >= 4 is 23.4 Å². The minimum atomic E-state index is -0.648. The molecule has 2 heterocycles. The summed E-state index contributed by atoms with van der Waals surface area (Å²) in [6, 6.07) is 19.9. The largest absolute Gasteiger partial charge is 0.348 e. The maximum atomic E-state index is 15.1. The summed E-state index contributed by atoms with van der Waals surface area (Å²) in [5.74, 6) is -0.389. The molecule has 0 unspecified atom stereocenters. The fourth-order valence-electron chi connectivity index (χ4n) is 4.32. The zero-order valence-corrected chi connectivity index (χ0v) is 21.1. The topological polar surface area (TPSA) is 112 Å². The SMILES string of the molecule is CC(C)(C)c1cc(NC(=O)Nc2ccc(-c3cccc4c3CNC4=O)cc2F)n(-c2cccc(C#N)c2)n1. The lowest BCUT2D eigenvalue weighted by Gasteiger charge is -2.14. The van der Waals surface area contributed by atoms with Gasteiger partial charge < -0.3 is 10.6 Å². The molecule has 0 saturated heterocycles. The minimum absolute atomic E-state index is 0.00150. The summed E-state index contributed by atoms with van der Waals surface area (Å²) in [5, 5.41) is 22.0. The molecule has 0 aliphatic carbocycles. The van der Waals surface area contributed by atoms with E-state index in [1.165, 1.54) is 12.1 Å². The highest BCUT2D eigenvalue weighted by atomic mass is 19.1. The zero-order valence-electron chi connectivity index (χ0n) is 21.1. The van der Waals surface area contributed by atoms with Crippen LogP contribution in [0.2, 0.25) is 0 Å². The summed E-state index contributed by atoms with van der Waals surface area (Å²) in [5.41, 5.74) is 4.25. The highest BCUT2D eigenvalue weighted by Gasteiger charge is 2.23. The number of urea groups is 1. The van der Waals surface area contributed by atoms with Gasteiger partial charge in [0.25, 0.3) is 5.91 Å². The Hall–Kier alpha value is -4.97. The van der Waals surface area contributed by atoms with Crippen LogP contribution in [0.4, 0.5) is 20.7 Å². The minimum Gasteiger partial charge on any atom is -0.348 e. The van der Waals surface area contributed by atoms with E-state index in [0.717, 1.165) is 16.8 Å². The lowest BCUT2D eigenvalue weighted by Crippen LogP contribution is -2.22. The van der Waals surface area contributed by atoms with Crippen LogP contribution in [0, 0.1) is 17.1 Å². The second kappa shape index (κ2) is 9.48. The van der Waals surface area contributed by atoms with Gasteiger partial charge in [-0.1, -0.05) is 45.0 Å². The molecule has 0 atom stereocenters. The lowest BCUT2D eigenvalue weighted by molar-refractivity contribution is 0.0965. The molecule has 1 aliphatic heterocycles. The van der Waals surface area contributed by atoms with Crippen LogP contribution in [-0.4, -0.2) is 21.7 Å². The van der Waals surface area contributed by atoms with E-state index >= 15 is 4.39 Å². The van der Waals surface area contributed by atoms with Crippen LogP contribution in [-0.2, 0) is 12.0 Å². The molecule has 3 N–H and O–H groups in total. The Labute approximate surface area is 219 Å². The summed E-state index contributed by atoms with van der Waals surface area (Å²) < 4.78 is 16.6. The van der Waals surface area contributed by atoms with Crippen molar-refractivity contribution < 1.29 is 14.0 Å². The van der Waals surface area contributed by atoms with Gasteiger partial charge in [-0.3, -0.25) is 10.1 Å². The van der Waals surface area contributed by atoms with Crippen LogP contribution < -0.4 is 16.0 Å². The quantitative estimate of drug-likeness (QED) is 0.327. The standard InChI is InChI=1S/C29H25FN6O2/c1-29(2,3)25-14-26(36(35-25)19-7-4-6-17(12-19)15-31)34-28(38)33-24-11-10-18(13-23(24)30)20-8-5-9-21-22(20)16-32-27(21)37/h4-14H,16H2,1-3H3,(H,32,37)(H2,33,34,38). The van der Waals surface area contributed by atoms with Gasteiger partial charge >= 0.3 is 6.03 Å². The number of hydrogen-bond acceptors (Lipinski definition) is 4. The van der Waals surface area contributed by atoms with E-state index in [1.807, 2.05) is 26.8 Å². The summed E-state index contributed by atoms with van der Waals surface area (Å²) in [7, 11) is 0. The van der Waals surface area contributed by atoms with E-state index in [9.17, 15) is 14.9 Å². The number of carbonyl (C=O) groups excluding carboxylic acids is 2. The molecular formula is C29H25FN6O2. The Bertz CT molecular complexity index is 1630. The third-order valence-corrected chi connectivity index (χ3v) is 6.31. The molecule has 3 amide bonds. The van der Waals surface area contributed by atoms with Crippen molar-refractivity contribution in [1.82, 2.24) is 15.1 Å². The van der Waals surface area contributed by atoms with Crippen LogP contribution in [0.5, 0.6) is 0 Å². The van der Waals surface area contributed by atoms with Crippen molar-refractivity contribution in [3.8, 4) is 22.9 Å². The molecule has 0 radical (unpaired) electrons. The Kier molecular flexibility index (Phi) is 6.17. The van der Waals surface area contributed by atoms with Crippen molar-refractivity contribution in [2.75, 3.05) is 10.6 Å². The zero-order chi connectivity index (χ0) is 27.0. The van der Waals surface area contributed by atoms with E-state index in [4.69, 9.17) is 0 Å². The molecule has 9 heteroatoms. The second-order valence-corrected chi connectivity index (χ2v) is 10.0. The van der Waals surface area contributed by atoms with Gasteiger partial charge in [-0.2, -0.15) is 10.4 Å². The summed E-state index contributed by atoms with van der Waals surface area (Å²) in [4.78, 5) is 24.9. The van der Waals surface area contributed by atoms with Gasteiger partial charge in [0.2, 0.25) is 0 Å². The van der Waals surface area contributed by atoms with Gasteiger partial charge in [0.15, 0.2) is 0 Å². The number of nitrogens with zero attached hydrogens (tertiary/aromatic N) is 3. The van der Waals surface area contributed by atoms with Crippen molar-refractivity contribution in [3.63, 3.8) is 0 Å². The normalized spacial score (nSPS) is 12.4. The highest BCUT2D eigenvalue weighted by Crippen LogP contribution is 2.32. The van der Waals surface area contributed by atoms with E-state index in [0.29, 0.717) is 34.7 Å². The molecule has 0 fully saturated rings. The van der Waals surface area contributed by atoms with Crippen molar-refractivity contribution in [2.24, 2.45) is 0 Å². The third kappa shape index (κ3) is 4.72. The fourth-order valence-corrected chi connectivity index (χ4v) is 4.32. The first-order valence-corrected chi connectivity index (χ1v) is 12.0. The van der Waals surface area contributed by atoms with Crippen LogP contribution in [0.3, 0.4) is 0 Å². The van der Waals surface area contributed by atoms with Crippen molar-refractivity contribution in [2.45, 2.75) is 32.7 Å². The molecule has 0 saturated carbocycles. The first kappa shape index (κ1) is 24.7. The van der Waals surface area contributed by atoms with Crippen LogP contribution in [0.1, 0.15) is 48.0 Å². The number of hydrogen-bond donors (Lipinski definition) is 3. The van der Waals surface area contributed by atoms with Crippen molar-refractivity contribution in [1.29, 1.82) is 5.26 Å². The molecule has 190 valence electrons. The molecule has 0 spiro atoms. The second-order valence-electron chi connectivity index (χ2n) is 10.0. The smallest absolute Gasteiger partial charge is 0.324 e. The molecular weight excluding hydrogens is 483 g/mol. The Balaban J connectivity index is 1.40. The maximum absolute atomic E-state index is 15.1. The predicted octanol–water partition coefficient (Wildman–Crippen LogP) is 5.73. The van der Waals surface area contributed by atoms with E-state index in [1.54, 1.807) is 53.2 Å². The summed E-state index contributed by atoms with van der Waals surface area (Å²) in [6.07, 6.45) is 0. The predicted molar refractivity (Wildman–Crippen MR) is 143 cm³/mol. The van der Waals surface area contributed by atoms with E-state index in [2.05, 4.69) is 27.1 Å². The van der Waals surface area contributed by atoms with Gasteiger partial charge in [-0.25, -0.2) is 13.9 Å². The fraction of sp³-hybridized carbons (Fsp3) is 0.172. The summed E-state index contributed by atoms with van der Waals surface area (Å²) >= 11 is 0.